The van der Waals surface area contributed by atoms with E-state index < -0.39 is 10.0 Å². The number of benzene rings is 1. The van der Waals surface area contributed by atoms with Gasteiger partial charge in [0.25, 0.3) is 0 Å². The predicted molar refractivity (Wildman–Crippen MR) is 115 cm³/mol. The van der Waals surface area contributed by atoms with E-state index in [9.17, 15) is 13.2 Å². The van der Waals surface area contributed by atoms with Gasteiger partial charge in [-0.1, -0.05) is 6.92 Å². The molecule has 1 fully saturated rings. The number of piperidine rings is 1. The number of carbonyl (C=O) groups is 1. The van der Waals surface area contributed by atoms with Crippen LogP contribution in [-0.2, 0) is 21.2 Å². The topological polar surface area (TPSA) is 81.5 Å². The third-order valence-corrected chi connectivity index (χ3v) is 9.10. The lowest BCUT2D eigenvalue weighted by molar-refractivity contribution is -0.139. The average molecular weight is 444 g/mol. The molecule has 2 aliphatic rings. The highest BCUT2D eigenvalue weighted by Crippen LogP contribution is 2.37. The van der Waals surface area contributed by atoms with Crippen LogP contribution in [0.1, 0.15) is 48.2 Å². The van der Waals surface area contributed by atoms with Crippen molar-refractivity contribution in [3.8, 4) is 6.07 Å². The summed E-state index contributed by atoms with van der Waals surface area (Å²) in [5, 5.41) is 11.0. The van der Waals surface area contributed by atoms with E-state index in [0.29, 0.717) is 31.5 Å². The van der Waals surface area contributed by atoms with Crippen molar-refractivity contribution in [1.82, 2.24) is 9.21 Å². The van der Waals surface area contributed by atoms with Crippen LogP contribution in [0.4, 0.5) is 0 Å². The van der Waals surface area contributed by atoms with E-state index in [0.717, 1.165) is 19.4 Å². The fourth-order valence-electron chi connectivity index (χ4n) is 4.53. The molecule has 1 amide bonds. The van der Waals surface area contributed by atoms with Gasteiger partial charge in [0.1, 0.15) is 0 Å². The first-order valence-electron chi connectivity index (χ1n) is 10.3. The van der Waals surface area contributed by atoms with Gasteiger partial charge >= 0.3 is 0 Å². The molecule has 0 spiro atoms. The summed E-state index contributed by atoms with van der Waals surface area (Å²) in [5.74, 6) is 0.0285. The summed E-state index contributed by atoms with van der Waals surface area (Å²) in [6, 6.07) is 10.3. The Morgan fingerprint density at radius 2 is 1.87 bits per heavy atom. The number of hydrogen-bond acceptors (Lipinski definition) is 5. The largest absolute Gasteiger partial charge is 0.335 e. The minimum absolute atomic E-state index is 0.132. The summed E-state index contributed by atoms with van der Waals surface area (Å²) in [4.78, 5) is 16.9. The van der Waals surface area contributed by atoms with Crippen LogP contribution in [0, 0.1) is 17.2 Å². The number of rotatable bonds is 4. The van der Waals surface area contributed by atoms with Gasteiger partial charge in [-0.2, -0.15) is 9.57 Å². The molecule has 4 rings (SSSR count). The van der Waals surface area contributed by atoms with Crippen LogP contribution in [0.2, 0.25) is 0 Å². The van der Waals surface area contributed by atoms with Crippen LogP contribution in [-0.4, -0.2) is 43.2 Å². The highest BCUT2D eigenvalue weighted by Gasteiger charge is 2.37. The molecule has 1 saturated heterocycles. The molecule has 1 aromatic heterocycles. The number of nitriles is 1. The highest BCUT2D eigenvalue weighted by atomic mass is 32.2. The lowest BCUT2D eigenvalue weighted by Crippen LogP contribution is -2.47. The summed E-state index contributed by atoms with van der Waals surface area (Å²) >= 11 is 1.77. The standard InChI is InChI=1S/C22H25N3O3S2/c1-2-20-19-10-14-29-21(19)9-13-25(20)22(26)17-7-11-24(12-8-17)30(27,28)18-5-3-16(15-23)4-6-18/h3-6,10,14,17,20H,2,7-9,11-13H2,1H3. The van der Waals surface area contributed by atoms with E-state index >= 15 is 0 Å². The van der Waals surface area contributed by atoms with E-state index in [2.05, 4.69) is 18.4 Å². The predicted octanol–water partition coefficient (Wildman–Crippen LogP) is 3.56. The minimum Gasteiger partial charge on any atom is -0.335 e. The summed E-state index contributed by atoms with van der Waals surface area (Å²) in [7, 11) is -3.61. The van der Waals surface area contributed by atoms with Crippen molar-refractivity contribution in [1.29, 1.82) is 5.26 Å². The van der Waals surface area contributed by atoms with Crippen LogP contribution in [0.25, 0.3) is 0 Å². The van der Waals surface area contributed by atoms with Gasteiger partial charge in [0, 0.05) is 30.4 Å². The molecule has 1 aromatic carbocycles. The van der Waals surface area contributed by atoms with Crippen molar-refractivity contribution in [2.75, 3.05) is 19.6 Å². The zero-order valence-corrected chi connectivity index (χ0v) is 18.6. The number of hydrogen-bond donors (Lipinski definition) is 0. The van der Waals surface area contributed by atoms with Crippen LogP contribution in [0.5, 0.6) is 0 Å². The first-order chi connectivity index (χ1) is 14.5. The molecule has 0 bridgehead atoms. The fourth-order valence-corrected chi connectivity index (χ4v) is 6.93. The van der Waals surface area contributed by atoms with Gasteiger partial charge in [0.05, 0.1) is 22.6 Å². The van der Waals surface area contributed by atoms with Crippen molar-refractivity contribution >= 4 is 27.3 Å². The first-order valence-corrected chi connectivity index (χ1v) is 12.6. The van der Waals surface area contributed by atoms with Crippen molar-refractivity contribution in [3.05, 3.63) is 51.7 Å². The molecule has 8 heteroatoms. The van der Waals surface area contributed by atoms with Crippen molar-refractivity contribution in [2.24, 2.45) is 5.92 Å². The molecule has 158 valence electrons. The van der Waals surface area contributed by atoms with Crippen LogP contribution >= 0.6 is 11.3 Å². The second-order valence-electron chi connectivity index (χ2n) is 7.82. The number of amides is 1. The fraction of sp³-hybridized carbons (Fsp3) is 0.455. The molecule has 1 unspecified atom stereocenters. The molecular formula is C22H25N3O3S2. The van der Waals surface area contributed by atoms with Gasteiger partial charge in [-0.05, 0) is 67.0 Å². The molecule has 0 radical (unpaired) electrons. The van der Waals surface area contributed by atoms with Gasteiger partial charge in [0.2, 0.25) is 15.9 Å². The molecular weight excluding hydrogens is 418 g/mol. The first kappa shape index (κ1) is 21.0. The molecule has 0 aliphatic carbocycles. The summed E-state index contributed by atoms with van der Waals surface area (Å²) in [6.07, 6.45) is 2.87. The molecule has 1 atom stereocenters. The second-order valence-corrected chi connectivity index (χ2v) is 10.8. The number of carbonyl (C=O) groups excluding carboxylic acids is 1. The SMILES string of the molecule is CCC1c2ccsc2CCN1C(=O)C1CCN(S(=O)(=O)c2ccc(C#N)cc2)CC1. The number of fused-ring (bicyclic) bond motifs is 1. The Morgan fingerprint density at radius 1 is 1.17 bits per heavy atom. The monoisotopic (exact) mass is 443 g/mol. The van der Waals surface area contributed by atoms with Gasteiger partial charge < -0.3 is 4.90 Å². The Kier molecular flexibility index (Phi) is 5.96. The Labute approximate surface area is 181 Å². The van der Waals surface area contributed by atoms with Crippen LogP contribution in [0.3, 0.4) is 0 Å². The molecule has 2 aromatic rings. The van der Waals surface area contributed by atoms with E-state index in [1.54, 1.807) is 11.3 Å². The maximum absolute atomic E-state index is 13.3. The normalized spacial score (nSPS) is 20.5. The maximum atomic E-state index is 13.3. The Balaban J connectivity index is 1.43. The van der Waals surface area contributed by atoms with E-state index in [-0.39, 0.29) is 22.8 Å². The minimum atomic E-state index is -3.61. The smallest absolute Gasteiger partial charge is 0.243 e. The summed E-state index contributed by atoms with van der Waals surface area (Å²) in [6.45, 7) is 3.54. The lowest BCUT2D eigenvalue weighted by atomic mass is 9.92. The zero-order chi connectivity index (χ0) is 21.3. The maximum Gasteiger partial charge on any atom is 0.243 e. The van der Waals surface area contributed by atoms with E-state index in [4.69, 9.17) is 5.26 Å². The van der Waals surface area contributed by atoms with E-state index in [1.807, 2.05) is 11.0 Å². The quantitative estimate of drug-likeness (QED) is 0.724. The average Bonchev–Trinajstić information content (AvgIpc) is 3.27. The number of sulfonamides is 1. The summed E-state index contributed by atoms with van der Waals surface area (Å²) < 4.78 is 27.3. The lowest BCUT2D eigenvalue weighted by Gasteiger charge is -2.39. The third kappa shape index (κ3) is 3.78. The molecule has 0 N–H and O–H groups in total. The van der Waals surface area contributed by atoms with Gasteiger partial charge in [-0.15, -0.1) is 11.3 Å². The van der Waals surface area contributed by atoms with Crippen molar-refractivity contribution in [2.45, 2.75) is 43.5 Å². The summed E-state index contributed by atoms with van der Waals surface area (Å²) in [5.41, 5.74) is 1.71. The second kappa shape index (κ2) is 8.50. The highest BCUT2D eigenvalue weighted by molar-refractivity contribution is 7.89. The molecule has 3 heterocycles. The zero-order valence-electron chi connectivity index (χ0n) is 17.0. The van der Waals surface area contributed by atoms with Gasteiger partial charge in [-0.25, -0.2) is 8.42 Å². The number of thiophene rings is 1. The van der Waals surface area contributed by atoms with Crippen LogP contribution in [0.15, 0.2) is 40.6 Å². The Hall–Kier alpha value is -2.21. The van der Waals surface area contributed by atoms with Crippen LogP contribution < -0.4 is 0 Å². The van der Waals surface area contributed by atoms with Crippen molar-refractivity contribution < 1.29 is 13.2 Å². The molecule has 0 saturated carbocycles. The van der Waals surface area contributed by atoms with Gasteiger partial charge in [-0.3, -0.25) is 4.79 Å². The Bertz CT molecular complexity index is 1060. The molecule has 6 nitrogen and oxygen atoms in total. The van der Waals surface area contributed by atoms with Gasteiger partial charge in [0.15, 0.2) is 0 Å². The third-order valence-electron chi connectivity index (χ3n) is 6.19. The number of nitrogens with zero attached hydrogens (tertiary/aromatic N) is 3. The van der Waals surface area contributed by atoms with E-state index in [1.165, 1.54) is 39.0 Å². The van der Waals surface area contributed by atoms with Crippen molar-refractivity contribution in [3.63, 3.8) is 0 Å². The molecule has 2 aliphatic heterocycles. The Morgan fingerprint density at radius 3 is 2.50 bits per heavy atom. The molecule has 30 heavy (non-hydrogen) atoms.